The van der Waals surface area contributed by atoms with Gasteiger partial charge in [-0.15, -0.1) is 0 Å². The molecule has 0 aromatic heterocycles. The van der Waals surface area contributed by atoms with Crippen LogP contribution in [0.15, 0.2) is 18.2 Å². The minimum absolute atomic E-state index is 0.0644. The highest BCUT2D eigenvalue weighted by molar-refractivity contribution is 5.80. The molecule has 0 fully saturated rings. The summed E-state index contributed by atoms with van der Waals surface area (Å²) in [7, 11) is 0. The predicted molar refractivity (Wildman–Crippen MR) is 64.5 cm³/mol. The van der Waals surface area contributed by atoms with Crippen molar-refractivity contribution in [3.8, 4) is 0 Å². The molecule has 0 heterocycles. The maximum atomic E-state index is 10.5. The summed E-state index contributed by atoms with van der Waals surface area (Å²) in [5.74, 6) is 0. The van der Waals surface area contributed by atoms with Gasteiger partial charge in [0.05, 0.1) is 0 Å². The minimum atomic E-state index is -0.0644. The molecule has 0 unspecified atom stereocenters. The monoisotopic (exact) mass is 220 g/mol. The summed E-state index contributed by atoms with van der Waals surface area (Å²) in [6.07, 6.45) is 1.24. The summed E-state index contributed by atoms with van der Waals surface area (Å²) in [6.45, 7) is 6.18. The maximum absolute atomic E-state index is 10.5. The third kappa shape index (κ3) is 2.82. The summed E-state index contributed by atoms with van der Waals surface area (Å²) < 4.78 is 0. The molecule has 1 aromatic rings. The summed E-state index contributed by atoms with van der Waals surface area (Å²) >= 11 is 0. The third-order valence-corrected chi connectivity index (χ3v) is 2.27. The van der Waals surface area contributed by atoms with Gasteiger partial charge in [-0.2, -0.15) is 0 Å². The average molecular weight is 220 g/mol. The lowest BCUT2D eigenvalue weighted by Crippen LogP contribution is -2.14. The molecular formula is C12H16N2O2. The van der Waals surface area contributed by atoms with E-state index in [0.29, 0.717) is 24.2 Å². The second kappa shape index (κ2) is 4.79. The molecule has 0 aliphatic rings. The molecule has 16 heavy (non-hydrogen) atoms. The fraction of sp³-hybridized carbons (Fsp3) is 0.333. The molecule has 1 aromatic carbocycles. The van der Waals surface area contributed by atoms with E-state index in [0.717, 1.165) is 5.56 Å². The number of rotatable bonds is 4. The van der Waals surface area contributed by atoms with Crippen molar-refractivity contribution in [2.24, 2.45) is 0 Å². The van der Waals surface area contributed by atoms with Crippen LogP contribution >= 0.6 is 0 Å². The fourth-order valence-electron chi connectivity index (χ4n) is 1.54. The van der Waals surface area contributed by atoms with Gasteiger partial charge >= 0.3 is 0 Å². The van der Waals surface area contributed by atoms with Gasteiger partial charge in [0, 0.05) is 11.4 Å². The maximum Gasteiger partial charge on any atom is 0.211 e. The predicted octanol–water partition coefficient (Wildman–Crippen LogP) is 2.12. The second-order valence-corrected chi connectivity index (χ2v) is 4.53. The number of amides is 2. The Morgan fingerprint density at radius 3 is 2.19 bits per heavy atom. The van der Waals surface area contributed by atoms with Crippen molar-refractivity contribution >= 4 is 24.2 Å². The van der Waals surface area contributed by atoms with Crippen LogP contribution in [-0.4, -0.2) is 12.8 Å². The molecular weight excluding hydrogens is 204 g/mol. The molecule has 0 bridgehead atoms. The molecule has 86 valence electrons. The molecule has 4 heteroatoms. The first-order valence-corrected chi connectivity index (χ1v) is 5.04. The topological polar surface area (TPSA) is 58.2 Å². The fourth-order valence-corrected chi connectivity index (χ4v) is 1.54. The van der Waals surface area contributed by atoms with Crippen LogP contribution in [0.25, 0.3) is 0 Å². The van der Waals surface area contributed by atoms with Crippen LogP contribution in [0.1, 0.15) is 26.3 Å². The van der Waals surface area contributed by atoms with Gasteiger partial charge in [0.15, 0.2) is 0 Å². The Hall–Kier alpha value is -1.84. The van der Waals surface area contributed by atoms with Crippen LogP contribution in [0.2, 0.25) is 0 Å². The van der Waals surface area contributed by atoms with Gasteiger partial charge in [0.25, 0.3) is 0 Å². The normalized spacial score (nSPS) is 10.7. The second-order valence-electron chi connectivity index (χ2n) is 4.53. The number of carbonyl (C=O) groups excluding carboxylic acids is 2. The van der Waals surface area contributed by atoms with Crippen LogP contribution in [0.3, 0.4) is 0 Å². The largest absolute Gasteiger partial charge is 0.329 e. The number of anilines is 2. The zero-order valence-electron chi connectivity index (χ0n) is 9.70. The van der Waals surface area contributed by atoms with Crippen molar-refractivity contribution in [3.05, 3.63) is 23.8 Å². The summed E-state index contributed by atoms with van der Waals surface area (Å²) in [5.41, 5.74) is 2.34. The van der Waals surface area contributed by atoms with Crippen LogP contribution in [0, 0.1) is 0 Å². The number of benzene rings is 1. The van der Waals surface area contributed by atoms with Crippen molar-refractivity contribution in [2.75, 3.05) is 10.6 Å². The van der Waals surface area contributed by atoms with E-state index in [1.54, 1.807) is 6.07 Å². The van der Waals surface area contributed by atoms with Crippen LogP contribution in [-0.2, 0) is 15.0 Å². The van der Waals surface area contributed by atoms with Gasteiger partial charge < -0.3 is 10.6 Å². The zero-order chi connectivity index (χ0) is 12.2. The molecule has 2 N–H and O–H groups in total. The van der Waals surface area contributed by atoms with Crippen LogP contribution < -0.4 is 10.6 Å². The number of hydrogen-bond donors (Lipinski definition) is 2. The lowest BCUT2D eigenvalue weighted by molar-refractivity contribution is -0.106. The molecule has 0 radical (unpaired) electrons. The summed E-state index contributed by atoms with van der Waals surface area (Å²) in [5, 5.41) is 5.19. The van der Waals surface area contributed by atoms with Crippen molar-refractivity contribution in [1.82, 2.24) is 0 Å². The van der Waals surface area contributed by atoms with E-state index in [-0.39, 0.29) is 5.41 Å². The Labute approximate surface area is 95.0 Å². The first kappa shape index (κ1) is 12.2. The highest BCUT2D eigenvalue weighted by Crippen LogP contribution is 2.31. The smallest absolute Gasteiger partial charge is 0.211 e. The quantitative estimate of drug-likeness (QED) is 0.763. The van der Waals surface area contributed by atoms with E-state index in [1.165, 1.54) is 0 Å². The highest BCUT2D eigenvalue weighted by atomic mass is 16.1. The first-order chi connectivity index (χ1) is 7.49. The lowest BCUT2D eigenvalue weighted by Gasteiger charge is -2.22. The van der Waals surface area contributed by atoms with Crippen molar-refractivity contribution < 1.29 is 9.59 Å². The molecule has 1 rings (SSSR count). The van der Waals surface area contributed by atoms with Gasteiger partial charge in [-0.25, -0.2) is 0 Å². The van der Waals surface area contributed by atoms with Crippen molar-refractivity contribution in [2.45, 2.75) is 26.2 Å². The number of nitrogens with one attached hydrogen (secondary N) is 2. The Morgan fingerprint density at radius 1 is 1.06 bits per heavy atom. The molecule has 0 aliphatic carbocycles. The van der Waals surface area contributed by atoms with Crippen LogP contribution in [0.4, 0.5) is 11.4 Å². The minimum Gasteiger partial charge on any atom is -0.329 e. The molecule has 0 atom stereocenters. The number of hydrogen-bond acceptors (Lipinski definition) is 2. The van der Waals surface area contributed by atoms with Crippen molar-refractivity contribution in [3.63, 3.8) is 0 Å². The molecule has 0 spiro atoms. The Morgan fingerprint density at radius 2 is 1.69 bits per heavy atom. The third-order valence-electron chi connectivity index (χ3n) is 2.27. The number of carbonyl (C=O) groups is 2. The summed E-state index contributed by atoms with van der Waals surface area (Å²) in [6, 6.07) is 5.45. The van der Waals surface area contributed by atoms with Gasteiger partial charge in [0.1, 0.15) is 0 Å². The van der Waals surface area contributed by atoms with E-state index >= 15 is 0 Å². The molecule has 2 amide bonds. The standard InChI is InChI=1S/C12H16N2O2/c1-12(2,3)10-5-4-9(13-7-15)6-11(10)14-8-16/h4-8H,1-3H3,(H,13,15)(H,14,16). The van der Waals surface area contributed by atoms with Gasteiger partial charge in [-0.3, -0.25) is 9.59 Å². The van der Waals surface area contributed by atoms with Crippen LogP contribution in [0.5, 0.6) is 0 Å². The Balaban J connectivity index is 3.18. The average Bonchev–Trinajstić information content (AvgIpc) is 2.17. The van der Waals surface area contributed by atoms with E-state index in [2.05, 4.69) is 31.4 Å². The first-order valence-electron chi connectivity index (χ1n) is 5.04. The van der Waals surface area contributed by atoms with E-state index in [9.17, 15) is 9.59 Å². The highest BCUT2D eigenvalue weighted by Gasteiger charge is 2.17. The molecule has 0 saturated heterocycles. The SMILES string of the molecule is CC(C)(C)c1ccc(NC=O)cc1NC=O. The Bertz CT molecular complexity index is 394. The lowest BCUT2D eigenvalue weighted by atomic mass is 9.85. The van der Waals surface area contributed by atoms with E-state index in [4.69, 9.17) is 0 Å². The molecule has 4 nitrogen and oxygen atoms in total. The zero-order valence-corrected chi connectivity index (χ0v) is 9.70. The Kier molecular flexibility index (Phi) is 3.66. The summed E-state index contributed by atoms with van der Waals surface area (Å²) in [4.78, 5) is 20.8. The van der Waals surface area contributed by atoms with E-state index < -0.39 is 0 Å². The van der Waals surface area contributed by atoms with Crippen molar-refractivity contribution in [1.29, 1.82) is 0 Å². The van der Waals surface area contributed by atoms with Gasteiger partial charge in [-0.1, -0.05) is 26.8 Å². The molecule has 0 aliphatic heterocycles. The van der Waals surface area contributed by atoms with Gasteiger partial charge in [-0.05, 0) is 23.1 Å². The molecule has 0 saturated carbocycles. The van der Waals surface area contributed by atoms with E-state index in [1.807, 2.05) is 12.1 Å². The van der Waals surface area contributed by atoms with Gasteiger partial charge in [0.2, 0.25) is 12.8 Å².